The molecule has 1 aromatic heterocycles. The number of hydrogen-bond acceptors (Lipinski definition) is 7. The Labute approximate surface area is 216 Å². The van der Waals surface area contributed by atoms with Crippen molar-refractivity contribution < 1.29 is 14.3 Å². The van der Waals surface area contributed by atoms with E-state index < -0.39 is 6.04 Å². The van der Waals surface area contributed by atoms with Gasteiger partial charge in [-0.3, -0.25) is 14.9 Å². The van der Waals surface area contributed by atoms with Crippen molar-refractivity contribution in [3.05, 3.63) is 54.2 Å². The highest BCUT2D eigenvalue weighted by molar-refractivity contribution is 7.99. The first-order chi connectivity index (χ1) is 17.2. The lowest BCUT2D eigenvalue weighted by Crippen LogP contribution is -2.53. The van der Waals surface area contributed by atoms with E-state index in [1.807, 2.05) is 36.4 Å². The summed E-state index contributed by atoms with van der Waals surface area (Å²) in [6.07, 6.45) is 8.19. The molecule has 2 atom stereocenters. The number of aromatic nitrogens is 1. The molecule has 1 saturated heterocycles. The number of carbonyl (C=O) groups is 2. The van der Waals surface area contributed by atoms with Gasteiger partial charge in [0.25, 0.3) is 0 Å². The van der Waals surface area contributed by atoms with Gasteiger partial charge in [0.15, 0.2) is 0 Å². The molecule has 2 aliphatic rings. The fraction of sp³-hybridized carbons (Fsp3) is 0.500. The molecule has 3 N–H and O–H groups in total. The molecule has 1 saturated carbocycles. The first kappa shape index (κ1) is 25.9. The van der Waals surface area contributed by atoms with E-state index in [1.54, 1.807) is 35.8 Å². The molecule has 35 heavy (non-hydrogen) atoms. The Hall–Kier alpha value is -2.23. The summed E-state index contributed by atoms with van der Waals surface area (Å²) >= 11 is 3.47. The molecule has 2 amide bonds. The van der Waals surface area contributed by atoms with Gasteiger partial charge in [-0.05, 0) is 42.2 Å². The standard InChI is InChI=1S/C26H34N4O3S2/c31-25(28-14-20-11-12-24(27-13-20)33-21-9-5-2-6-10-21)23(30-26(32)22-16-35-18-29-22)17-34-15-19-7-3-1-4-8-19/h2,5-6,9-13,19,22-23,29H,1,3-4,7-8,14-18H2,(H,28,31)(H,30,32). The topological polar surface area (TPSA) is 92.4 Å². The molecule has 2 fully saturated rings. The molecule has 2 aromatic rings. The van der Waals surface area contributed by atoms with Crippen molar-refractivity contribution in [1.82, 2.24) is 20.9 Å². The van der Waals surface area contributed by atoms with E-state index in [4.69, 9.17) is 4.74 Å². The minimum Gasteiger partial charge on any atom is -0.439 e. The number of nitrogens with one attached hydrogen (secondary N) is 3. The zero-order valence-electron chi connectivity index (χ0n) is 19.9. The van der Waals surface area contributed by atoms with Crippen LogP contribution in [0.5, 0.6) is 11.6 Å². The van der Waals surface area contributed by atoms with E-state index in [0.29, 0.717) is 18.2 Å². The van der Waals surface area contributed by atoms with Crippen LogP contribution in [0, 0.1) is 5.92 Å². The fourth-order valence-electron chi connectivity index (χ4n) is 4.22. The molecule has 1 aromatic carbocycles. The Morgan fingerprint density at radius 3 is 2.69 bits per heavy atom. The maximum Gasteiger partial charge on any atom is 0.243 e. The predicted octanol–water partition coefficient (Wildman–Crippen LogP) is 3.95. The van der Waals surface area contributed by atoms with Crippen LogP contribution < -0.4 is 20.7 Å². The Bertz CT molecular complexity index is 933. The first-order valence-corrected chi connectivity index (χ1v) is 14.6. The van der Waals surface area contributed by atoms with E-state index in [2.05, 4.69) is 20.9 Å². The van der Waals surface area contributed by atoms with Crippen LogP contribution in [0.3, 0.4) is 0 Å². The summed E-state index contributed by atoms with van der Waals surface area (Å²) in [5.41, 5.74) is 0.868. The largest absolute Gasteiger partial charge is 0.439 e. The number of benzene rings is 1. The SMILES string of the molecule is O=C(NC(CSCC1CCCCC1)C(=O)NCc1ccc(Oc2ccccc2)nc1)C1CSCN1. The van der Waals surface area contributed by atoms with Crippen LogP contribution in [-0.4, -0.2) is 52.0 Å². The third-order valence-corrected chi connectivity index (χ3v) is 8.47. The van der Waals surface area contributed by atoms with Gasteiger partial charge < -0.3 is 15.4 Å². The van der Waals surface area contributed by atoms with Gasteiger partial charge in [0.05, 0.1) is 6.04 Å². The summed E-state index contributed by atoms with van der Waals surface area (Å²) < 4.78 is 5.73. The van der Waals surface area contributed by atoms with E-state index in [-0.39, 0.29) is 17.9 Å². The number of rotatable bonds is 11. The van der Waals surface area contributed by atoms with Crippen LogP contribution in [0.15, 0.2) is 48.7 Å². The number of thioether (sulfide) groups is 2. The van der Waals surface area contributed by atoms with Gasteiger partial charge in [-0.1, -0.05) is 43.5 Å². The van der Waals surface area contributed by atoms with Gasteiger partial charge in [0, 0.05) is 36.2 Å². The third kappa shape index (κ3) is 8.44. The Kier molecular flexibility index (Phi) is 10.2. The lowest BCUT2D eigenvalue weighted by atomic mass is 9.91. The van der Waals surface area contributed by atoms with Crippen LogP contribution in [0.1, 0.15) is 37.7 Å². The fourth-order valence-corrected chi connectivity index (χ4v) is 6.44. The minimum absolute atomic E-state index is 0.0995. The second kappa shape index (κ2) is 13.8. The number of nitrogens with zero attached hydrogens (tertiary/aromatic N) is 1. The van der Waals surface area contributed by atoms with E-state index >= 15 is 0 Å². The highest BCUT2D eigenvalue weighted by Gasteiger charge is 2.28. The molecule has 7 nitrogen and oxygen atoms in total. The molecule has 0 bridgehead atoms. The van der Waals surface area contributed by atoms with E-state index in [1.165, 1.54) is 32.1 Å². The number of amides is 2. The number of para-hydroxylation sites is 1. The third-order valence-electron chi connectivity index (χ3n) is 6.26. The van der Waals surface area contributed by atoms with Gasteiger partial charge in [0.1, 0.15) is 11.8 Å². The van der Waals surface area contributed by atoms with Gasteiger partial charge in [-0.2, -0.15) is 11.8 Å². The average molecular weight is 515 g/mol. The van der Waals surface area contributed by atoms with Crippen molar-refractivity contribution in [2.24, 2.45) is 5.92 Å². The number of ether oxygens (including phenoxy) is 1. The molecular weight excluding hydrogens is 480 g/mol. The van der Waals surface area contributed by atoms with Gasteiger partial charge >= 0.3 is 0 Å². The average Bonchev–Trinajstić information content (AvgIpc) is 3.44. The Balaban J connectivity index is 1.28. The second-order valence-electron chi connectivity index (χ2n) is 9.01. The summed E-state index contributed by atoms with van der Waals surface area (Å²) in [5.74, 6) is 4.81. The van der Waals surface area contributed by atoms with Crippen molar-refractivity contribution >= 4 is 35.3 Å². The summed E-state index contributed by atoms with van der Waals surface area (Å²) in [4.78, 5) is 30.1. The maximum atomic E-state index is 13.0. The summed E-state index contributed by atoms with van der Waals surface area (Å²) in [7, 11) is 0. The molecule has 188 valence electrons. The molecule has 9 heteroatoms. The van der Waals surface area contributed by atoms with E-state index in [0.717, 1.165) is 34.6 Å². The Morgan fingerprint density at radius 1 is 1.14 bits per heavy atom. The molecule has 0 spiro atoms. The number of pyridine rings is 1. The lowest BCUT2D eigenvalue weighted by molar-refractivity contribution is -0.129. The molecular formula is C26H34N4O3S2. The summed E-state index contributed by atoms with van der Waals surface area (Å²) in [6.45, 7) is 0.342. The zero-order chi connectivity index (χ0) is 24.3. The van der Waals surface area contributed by atoms with Crippen molar-refractivity contribution in [3.63, 3.8) is 0 Å². The van der Waals surface area contributed by atoms with Crippen LogP contribution in [0.2, 0.25) is 0 Å². The molecule has 2 heterocycles. The van der Waals surface area contributed by atoms with Crippen LogP contribution in [0.25, 0.3) is 0 Å². The quantitative estimate of drug-likeness (QED) is 0.418. The molecule has 0 radical (unpaired) electrons. The normalized spacial score (nSPS) is 19.1. The summed E-state index contributed by atoms with van der Waals surface area (Å²) in [6, 6.07) is 12.4. The smallest absolute Gasteiger partial charge is 0.243 e. The molecule has 1 aliphatic heterocycles. The van der Waals surface area contributed by atoms with Gasteiger partial charge in [-0.15, -0.1) is 11.8 Å². The van der Waals surface area contributed by atoms with Crippen LogP contribution in [-0.2, 0) is 16.1 Å². The monoisotopic (exact) mass is 514 g/mol. The van der Waals surface area contributed by atoms with Gasteiger partial charge in [0.2, 0.25) is 17.7 Å². The van der Waals surface area contributed by atoms with E-state index in [9.17, 15) is 9.59 Å². The highest BCUT2D eigenvalue weighted by Crippen LogP contribution is 2.27. The van der Waals surface area contributed by atoms with Gasteiger partial charge in [-0.25, -0.2) is 4.98 Å². The Morgan fingerprint density at radius 2 is 1.97 bits per heavy atom. The lowest BCUT2D eigenvalue weighted by Gasteiger charge is -2.23. The second-order valence-corrected chi connectivity index (χ2v) is 11.1. The first-order valence-electron chi connectivity index (χ1n) is 12.3. The van der Waals surface area contributed by atoms with Crippen molar-refractivity contribution in [3.8, 4) is 11.6 Å². The van der Waals surface area contributed by atoms with Crippen molar-refractivity contribution in [1.29, 1.82) is 0 Å². The molecule has 1 aliphatic carbocycles. The number of carbonyl (C=O) groups excluding carboxylic acids is 2. The minimum atomic E-state index is -0.558. The summed E-state index contributed by atoms with van der Waals surface area (Å²) in [5, 5.41) is 9.15. The molecule has 2 unspecified atom stereocenters. The zero-order valence-corrected chi connectivity index (χ0v) is 21.5. The number of hydrogen-bond donors (Lipinski definition) is 3. The van der Waals surface area contributed by atoms with Crippen molar-refractivity contribution in [2.75, 3.05) is 23.1 Å². The van der Waals surface area contributed by atoms with Crippen LogP contribution in [0.4, 0.5) is 0 Å². The highest BCUT2D eigenvalue weighted by atomic mass is 32.2. The van der Waals surface area contributed by atoms with Crippen molar-refractivity contribution in [2.45, 2.75) is 50.7 Å². The maximum absolute atomic E-state index is 13.0. The molecule has 4 rings (SSSR count). The predicted molar refractivity (Wildman–Crippen MR) is 143 cm³/mol. The van der Waals surface area contributed by atoms with Crippen LogP contribution >= 0.6 is 23.5 Å².